The van der Waals surface area contributed by atoms with Crippen molar-refractivity contribution in [3.63, 3.8) is 0 Å². The van der Waals surface area contributed by atoms with Gasteiger partial charge in [-0.15, -0.1) is 0 Å². The summed E-state index contributed by atoms with van der Waals surface area (Å²) in [4.78, 5) is 0. The molecule has 1 heteroatoms. The fourth-order valence-electron chi connectivity index (χ4n) is 2.65. The molecular weight excluding hydrogens is 266 g/mol. The zero-order valence-corrected chi connectivity index (χ0v) is 14.6. The van der Waals surface area contributed by atoms with Crippen LogP contribution in [0.2, 0.25) is 0 Å². The SMILES string of the molecule is CCC(CC)Nc1ccc(-c2ccc(C(C)(C)C)cc2)cc1. The first-order chi connectivity index (χ1) is 10.4. The summed E-state index contributed by atoms with van der Waals surface area (Å²) in [5.74, 6) is 0. The highest BCUT2D eigenvalue weighted by atomic mass is 14.9. The molecule has 0 radical (unpaired) electrons. The first-order valence-corrected chi connectivity index (χ1v) is 8.41. The maximum atomic E-state index is 3.59. The Kier molecular flexibility index (Phi) is 5.28. The van der Waals surface area contributed by atoms with Crippen molar-refractivity contribution in [2.24, 2.45) is 0 Å². The summed E-state index contributed by atoms with van der Waals surface area (Å²) in [5, 5.41) is 3.59. The lowest BCUT2D eigenvalue weighted by Gasteiger charge is -2.19. The van der Waals surface area contributed by atoms with E-state index < -0.39 is 0 Å². The highest BCUT2D eigenvalue weighted by Crippen LogP contribution is 2.27. The molecule has 0 saturated carbocycles. The summed E-state index contributed by atoms with van der Waals surface area (Å²) >= 11 is 0. The van der Waals surface area contributed by atoms with Crippen molar-refractivity contribution in [1.29, 1.82) is 0 Å². The van der Waals surface area contributed by atoms with Gasteiger partial charge in [0.25, 0.3) is 0 Å². The standard InChI is InChI=1S/C21H29N/c1-6-19(7-2)22-20-14-10-17(11-15-20)16-8-12-18(13-9-16)21(3,4)5/h8-15,19,22H,6-7H2,1-5H3. The Bertz CT molecular complexity index is 569. The quantitative estimate of drug-likeness (QED) is 0.687. The van der Waals surface area contributed by atoms with Gasteiger partial charge in [0.1, 0.15) is 0 Å². The van der Waals surface area contributed by atoms with Gasteiger partial charge < -0.3 is 5.32 Å². The molecule has 2 aromatic carbocycles. The highest BCUT2D eigenvalue weighted by molar-refractivity contribution is 5.66. The van der Waals surface area contributed by atoms with Crippen LogP contribution in [0, 0.1) is 0 Å². The Morgan fingerprint density at radius 2 is 1.23 bits per heavy atom. The first kappa shape index (κ1) is 16.6. The van der Waals surface area contributed by atoms with E-state index in [1.165, 1.54) is 22.4 Å². The number of benzene rings is 2. The van der Waals surface area contributed by atoms with Crippen LogP contribution in [0.1, 0.15) is 53.0 Å². The van der Waals surface area contributed by atoms with Gasteiger partial charge in [-0.2, -0.15) is 0 Å². The van der Waals surface area contributed by atoms with Crippen LogP contribution in [0.3, 0.4) is 0 Å². The molecule has 1 nitrogen and oxygen atoms in total. The number of nitrogens with one attached hydrogen (secondary N) is 1. The summed E-state index contributed by atoms with van der Waals surface area (Å²) in [5.41, 5.74) is 5.35. The monoisotopic (exact) mass is 295 g/mol. The zero-order valence-electron chi connectivity index (χ0n) is 14.6. The molecular formula is C21H29N. The Balaban J connectivity index is 2.13. The molecule has 0 aliphatic carbocycles. The van der Waals surface area contributed by atoms with Crippen molar-refractivity contribution in [1.82, 2.24) is 0 Å². The van der Waals surface area contributed by atoms with Gasteiger partial charge in [-0.3, -0.25) is 0 Å². The van der Waals surface area contributed by atoms with E-state index in [0.29, 0.717) is 6.04 Å². The van der Waals surface area contributed by atoms with Crippen LogP contribution in [-0.2, 0) is 5.41 Å². The molecule has 2 aromatic rings. The molecule has 118 valence electrons. The number of hydrogen-bond acceptors (Lipinski definition) is 1. The lowest BCUT2D eigenvalue weighted by Crippen LogP contribution is -2.16. The Labute approximate surface area is 135 Å². The second-order valence-electron chi connectivity index (χ2n) is 7.06. The van der Waals surface area contributed by atoms with E-state index in [1.807, 2.05) is 0 Å². The van der Waals surface area contributed by atoms with Crippen LogP contribution in [0.25, 0.3) is 11.1 Å². The van der Waals surface area contributed by atoms with E-state index in [1.54, 1.807) is 0 Å². The van der Waals surface area contributed by atoms with Crippen molar-refractivity contribution < 1.29 is 0 Å². The van der Waals surface area contributed by atoms with Gasteiger partial charge in [-0.1, -0.05) is 71.0 Å². The topological polar surface area (TPSA) is 12.0 Å². The summed E-state index contributed by atoms with van der Waals surface area (Å²) in [6.45, 7) is 11.2. The van der Waals surface area contributed by atoms with Gasteiger partial charge in [-0.05, 0) is 47.1 Å². The van der Waals surface area contributed by atoms with E-state index >= 15 is 0 Å². The molecule has 0 unspecified atom stereocenters. The van der Waals surface area contributed by atoms with Crippen LogP contribution in [0.5, 0.6) is 0 Å². The lowest BCUT2D eigenvalue weighted by atomic mass is 9.86. The van der Waals surface area contributed by atoms with Gasteiger partial charge >= 0.3 is 0 Å². The second kappa shape index (κ2) is 7.00. The Morgan fingerprint density at radius 1 is 0.773 bits per heavy atom. The summed E-state index contributed by atoms with van der Waals surface area (Å²) < 4.78 is 0. The molecule has 0 fully saturated rings. The minimum atomic E-state index is 0.210. The molecule has 0 heterocycles. The third kappa shape index (κ3) is 4.13. The molecule has 0 atom stereocenters. The fraction of sp³-hybridized carbons (Fsp3) is 0.429. The Morgan fingerprint density at radius 3 is 1.64 bits per heavy atom. The number of hydrogen-bond donors (Lipinski definition) is 1. The highest BCUT2D eigenvalue weighted by Gasteiger charge is 2.13. The molecule has 0 saturated heterocycles. The third-order valence-corrected chi connectivity index (χ3v) is 4.33. The lowest BCUT2D eigenvalue weighted by molar-refractivity contribution is 0.590. The summed E-state index contributed by atoms with van der Waals surface area (Å²) in [6, 6.07) is 18.3. The summed E-state index contributed by atoms with van der Waals surface area (Å²) in [6.07, 6.45) is 2.32. The summed E-state index contributed by atoms with van der Waals surface area (Å²) in [7, 11) is 0. The Hall–Kier alpha value is -1.76. The minimum absolute atomic E-state index is 0.210. The van der Waals surface area contributed by atoms with Crippen LogP contribution < -0.4 is 5.32 Å². The minimum Gasteiger partial charge on any atom is -0.382 e. The van der Waals surface area contributed by atoms with Gasteiger partial charge in [-0.25, -0.2) is 0 Å². The molecule has 22 heavy (non-hydrogen) atoms. The predicted molar refractivity (Wildman–Crippen MR) is 98.6 cm³/mol. The van der Waals surface area contributed by atoms with Gasteiger partial charge in [0.05, 0.1) is 0 Å². The normalized spacial score (nSPS) is 11.7. The third-order valence-electron chi connectivity index (χ3n) is 4.33. The zero-order chi connectivity index (χ0) is 16.2. The molecule has 0 aromatic heterocycles. The van der Waals surface area contributed by atoms with E-state index in [4.69, 9.17) is 0 Å². The van der Waals surface area contributed by atoms with Crippen molar-refractivity contribution in [2.75, 3.05) is 5.32 Å². The van der Waals surface area contributed by atoms with Crippen molar-refractivity contribution in [3.05, 3.63) is 54.1 Å². The van der Waals surface area contributed by atoms with Gasteiger partial charge in [0.15, 0.2) is 0 Å². The smallest absolute Gasteiger partial charge is 0.0342 e. The fourth-order valence-corrected chi connectivity index (χ4v) is 2.65. The molecule has 0 aliphatic rings. The van der Waals surface area contributed by atoms with E-state index in [0.717, 1.165) is 12.8 Å². The van der Waals surface area contributed by atoms with Crippen LogP contribution in [-0.4, -0.2) is 6.04 Å². The molecule has 2 rings (SSSR count). The number of anilines is 1. The maximum absolute atomic E-state index is 3.59. The van der Waals surface area contributed by atoms with Crippen molar-refractivity contribution in [2.45, 2.75) is 58.9 Å². The maximum Gasteiger partial charge on any atom is 0.0342 e. The van der Waals surface area contributed by atoms with Gasteiger partial charge in [0.2, 0.25) is 0 Å². The first-order valence-electron chi connectivity index (χ1n) is 8.41. The van der Waals surface area contributed by atoms with Crippen LogP contribution in [0.15, 0.2) is 48.5 Å². The molecule has 0 bridgehead atoms. The van der Waals surface area contributed by atoms with Crippen molar-refractivity contribution in [3.8, 4) is 11.1 Å². The number of rotatable bonds is 5. The van der Waals surface area contributed by atoms with Gasteiger partial charge in [0, 0.05) is 11.7 Å². The molecule has 0 amide bonds. The average molecular weight is 295 g/mol. The van der Waals surface area contributed by atoms with Crippen LogP contribution >= 0.6 is 0 Å². The largest absolute Gasteiger partial charge is 0.382 e. The van der Waals surface area contributed by atoms with E-state index in [9.17, 15) is 0 Å². The van der Waals surface area contributed by atoms with Crippen molar-refractivity contribution >= 4 is 5.69 Å². The molecule has 0 spiro atoms. The molecule has 1 N–H and O–H groups in total. The van der Waals surface area contributed by atoms with E-state index in [-0.39, 0.29) is 5.41 Å². The van der Waals surface area contributed by atoms with Crippen LogP contribution in [0.4, 0.5) is 5.69 Å². The second-order valence-corrected chi connectivity index (χ2v) is 7.06. The van der Waals surface area contributed by atoms with E-state index in [2.05, 4.69) is 88.5 Å². The predicted octanol–water partition coefficient (Wildman–Crippen LogP) is 6.25. The average Bonchev–Trinajstić information content (AvgIpc) is 2.52. The molecule has 0 aliphatic heterocycles.